The fourth-order valence-electron chi connectivity index (χ4n) is 1.81. The molecule has 2 aromatic rings. The first kappa shape index (κ1) is 15.9. The van der Waals surface area contributed by atoms with Gasteiger partial charge in [-0.3, -0.25) is 4.79 Å². The number of hydrogen-bond donors (Lipinski definition) is 0. The van der Waals surface area contributed by atoms with E-state index in [0.717, 1.165) is 16.3 Å². The van der Waals surface area contributed by atoms with Crippen LogP contribution in [0.4, 0.5) is 0 Å². The lowest BCUT2D eigenvalue weighted by atomic mass is 10.1. The van der Waals surface area contributed by atoms with Gasteiger partial charge in [-0.2, -0.15) is 0 Å². The Morgan fingerprint density at radius 3 is 2.67 bits per heavy atom. The standard InChI is InChI=1S/C15H17ClN2O2S/c1-18(7-8-20-2)15(19)12-5-3-11(4-6-12)14-17-13(9-16)10-21-14/h3-6,10H,7-9H2,1-2H3. The van der Waals surface area contributed by atoms with Gasteiger partial charge in [0.2, 0.25) is 0 Å². The molecule has 0 bridgehead atoms. The number of carbonyl (C=O) groups is 1. The smallest absolute Gasteiger partial charge is 0.253 e. The molecule has 6 heteroatoms. The van der Waals surface area contributed by atoms with E-state index in [9.17, 15) is 4.79 Å². The fourth-order valence-corrected chi connectivity index (χ4v) is 2.86. The molecule has 0 aliphatic carbocycles. The molecule has 0 aliphatic heterocycles. The number of alkyl halides is 1. The summed E-state index contributed by atoms with van der Waals surface area (Å²) in [5.74, 6) is 0.399. The zero-order valence-corrected chi connectivity index (χ0v) is 13.6. The van der Waals surface area contributed by atoms with E-state index in [1.54, 1.807) is 30.4 Å². The number of halogens is 1. The molecule has 0 fully saturated rings. The van der Waals surface area contributed by atoms with Crippen molar-refractivity contribution in [1.29, 1.82) is 0 Å². The van der Waals surface area contributed by atoms with Crippen LogP contribution in [-0.4, -0.2) is 43.1 Å². The highest BCUT2D eigenvalue weighted by molar-refractivity contribution is 7.13. The first-order valence-corrected chi connectivity index (χ1v) is 7.92. The summed E-state index contributed by atoms with van der Waals surface area (Å²) in [5.41, 5.74) is 2.52. The normalized spacial score (nSPS) is 10.6. The molecule has 2 rings (SSSR count). The summed E-state index contributed by atoms with van der Waals surface area (Å²) < 4.78 is 4.98. The van der Waals surface area contributed by atoms with Crippen molar-refractivity contribution in [3.63, 3.8) is 0 Å². The monoisotopic (exact) mass is 324 g/mol. The zero-order valence-electron chi connectivity index (χ0n) is 12.0. The van der Waals surface area contributed by atoms with Crippen molar-refractivity contribution in [1.82, 2.24) is 9.88 Å². The van der Waals surface area contributed by atoms with E-state index >= 15 is 0 Å². The molecule has 0 atom stereocenters. The van der Waals surface area contributed by atoms with Crippen LogP contribution in [0.15, 0.2) is 29.6 Å². The van der Waals surface area contributed by atoms with Crippen molar-refractivity contribution in [2.75, 3.05) is 27.3 Å². The first-order chi connectivity index (χ1) is 10.2. The lowest BCUT2D eigenvalue weighted by Gasteiger charge is -2.16. The van der Waals surface area contributed by atoms with Crippen molar-refractivity contribution in [2.24, 2.45) is 0 Å². The molecule has 0 N–H and O–H groups in total. The van der Waals surface area contributed by atoms with Gasteiger partial charge in [0, 0.05) is 37.2 Å². The van der Waals surface area contributed by atoms with Gasteiger partial charge in [-0.1, -0.05) is 12.1 Å². The van der Waals surface area contributed by atoms with E-state index in [0.29, 0.717) is 24.6 Å². The molecule has 1 amide bonds. The summed E-state index contributed by atoms with van der Waals surface area (Å²) >= 11 is 7.31. The maximum atomic E-state index is 12.2. The van der Waals surface area contributed by atoms with Crippen LogP contribution >= 0.6 is 22.9 Å². The number of nitrogens with zero attached hydrogens (tertiary/aromatic N) is 2. The Balaban J connectivity index is 2.09. The van der Waals surface area contributed by atoms with E-state index in [2.05, 4.69) is 4.98 Å². The van der Waals surface area contributed by atoms with Gasteiger partial charge < -0.3 is 9.64 Å². The average Bonchev–Trinajstić information content (AvgIpc) is 3.01. The molecular weight excluding hydrogens is 308 g/mol. The predicted molar refractivity (Wildman–Crippen MR) is 85.9 cm³/mol. The lowest BCUT2D eigenvalue weighted by Crippen LogP contribution is -2.29. The molecule has 0 saturated carbocycles. The van der Waals surface area contributed by atoms with Gasteiger partial charge >= 0.3 is 0 Å². The van der Waals surface area contributed by atoms with Crippen LogP contribution in [0.3, 0.4) is 0 Å². The fraction of sp³-hybridized carbons (Fsp3) is 0.333. The topological polar surface area (TPSA) is 42.4 Å². The molecule has 0 aliphatic rings. The summed E-state index contributed by atoms with van der Waals surface area (Å²) in [6.45, 7) is 1.10. The first-order valence-electron chi connectivity index (χ1n) is 6.51. The molecule has 4 nitrogen and oxygen atoms in total. The van der Waals surface area contributed by atoms with Gasteiger partial charge in [-0.15, -0.1) is 22.9 Å². The summed E-state index contributed by atoms with van der Waals surface area (Å²) in [5, 5.41) is 2.86. The minimum Gasteiger partial charge on any atom is -0.383 e. The Morgan fingerprint density at radius 2 is 2.10 bits per heavy atom. The highest BCUT2D eigenvalue weighted by Gasteiger charge is 2.12. The Labute approximate surface area is 133 Å². The van der Waals surface area contributed by atoms with E-state index in [-0.39, 0.29) is 5.91 Å². The van der Waals surface area contributed by atoms with Crippen molar-refractivity contribution in [3.8, 4) is 10.6 Å². The molecule has 1 heterocycles. The van der Waals surface area contributed by atoms with Crippen LogP contribution in [0.5, 0.6) is 0 Å². The summed E-state index contributed by atoms with van der Waals surface area (Å²) in [7, 11) is 3.39. The second kappa shape index (κ2) is 7.54. The molecule has 1 aromatic carbocycles. The highest BCUT2D eigenvalue weighted by Crippen LogP contribution is 2.24. The van der Waals surface area contributed by atoms with Crippen molar-refractivity contribution in [3.05, 3.63) is 40.9 Å². The van der Waals surface area contributed by atoms with E-state index in [4.69, 9.17) is 16.3 Å². The minimum atomic E-state index is -0.0146. The Bertz CT molecular complexity index is 598. The van der Waals surface area contributed by atoms with E-state index in [1.807, 2.05) is 29.6 Å². The molecule has 112 valence electrons. The lowest BCUT2D eigenvalue weighted by molar-refractivity contribution is 0.0744. The largest absolute Gasteiger partial charge is 0.383 e. The van der Waals surface area contributed by atoms with Crippen molar-refractivity contribution >= 4 is 28.8 Å². The molecular formula is C15H17ClN2O2S. The third kappa shape index (κ3) is 4.03. The van der Waals surface area contributed by atoms with Crippen LogP contribution in [0, 0.1) is 0 Å². The van der Waals surface area contributed by atoms with Crippen LogP contribution < -0.4 is 0 Å². The van der Waals surface area contributed by atoms with E-state index < -0.39 is 0 Å². The predicted octanol–water partition coefficient (Wildman–Crippen LogP) is 3.27. The van der Waals surface area contributed by atoms with Gasteiger partial charge in [0.1, 0.15) is 5.01 Å². The number of benzene rings is 1. The molecule has 1 aromatic heterocycles. The SMILES string of the molecule is COCCN(C)C(=O)c1ccc(-c2nc(CCl)cs2)cc1. The minimum absolute atomic E-state index is 0.0146. The molecule has 0 unspecified atom stereocenters. The Morgan fingerprint density at radius 1 is 1.38 bits per heavy atom. The number of rotatable bonds is 6. The van der Waals surface area contributed by atoms with Gasteiger partial charge in [-0.05, 0) is 12.1 Å². The van der Waals surface area contributed by atoms with Gasteiger partial charge in [0.15, 0.2) is 0 Å². The summed E-state index contributed by atoms with van der Waals surface area (Å²) in [4.78, 5) is 18.3. The third-order valence-corrected chi connectivity index (χ3v) is 4.26. The maximum absolute atomic E-state index is 12.2. The number of ether oxygens (including phenoxy) is 1. The number of likely N-dealkylation sites (N-methyl/N-ethyl adjacent to an activating group) is 1. The quantitative estimate of drug-likeness (QED) is 0.766. The van der Waals surface area contributed by atoms with Crippen LogP contribution in [-0.2, 0) is 10.6 Å². The number of carbonyl (C=O) groups excluding carboxylic acids is 1. The second-order valence-corrected chi connectivity index (χ2v) is 5.70. The number of amides is 1. The number of thiazole rings is 1. The zero-order chi connectivity index (χ0) is 15.2. The van der Waals surface area contributed by atoms with Crippen LogP contribution in [0.2, 0.25) is 0 Å². The summed E-state index contributed by atoms with van der Waals surface area (Å²) in [6, 6.07) is 7.47. The number of methoxy groups -OCH3 is 1. The van der Waals surface area contributed by atoms with Crippen molar-refractivity contribution in [2.45, 2.75) is 5.88 Å². The Hall–Kier alpha value is -1.43. The van der Waals surface area contributed by atoms with Crippen LogP contribution in [0.1, 0.15) is 16.1 Å². The second-order valence-electron chi connectivity index (χ2n) is 4.57. The molecule has 0 radical (unpaired) electrons. The maximum Gasteiger partial charge on any atom is 0.253 e. The summed E-state index contributed by atoms with van der Waals surface area (Å²) in [6.07, 6.45) is 0. The van der Waals surface area contributed by atoms with Gasteiger partial charge in [0.05, 0.1) is 18.2 Å². The molecule has 21 heavy (non-hydrogen) atoms. The third-order valence-electron chi connectivity index (χ3n) is 3.04. The number of aromatic nitrogens is 1. The average molecular weight is 325 g/mol. The molecule has 0 spiro atoms. The van der Waals surface area contributed by atoms with Crippen molar-refractivity contribution < 1.29 is 9.53 Å². The Kier molecular flexibility index (Phi) is 5.73. The van der Waals surface area contributed by atoms with Crippen LogP contribution in [0.25, 0.3) is 10.6 Å². The van der Waals surface area contributed by atoms with Gasteiger partial charge in [-0.25, -0.2) is 4.98 Å². The molecule has 0 saturated heterocycles. The highest BCUT2D eigenvalue weighted by atomic mass is 35.5. The van der Waals surface area contributed by atoms with E-state index in [1.165, 1.54) is 0 Å². The number of hydrogen-bond acceptors (Lipinski definition) is 4. The van der Waals surface area contributed by atoms with Gasteiger partial charge in [0.25, 0.3) is 5.91 Å².